The molecule has 2 N–H and O–H groups in total. The number of hydrogen-bond acceptors (Lipinski definition) is 11. The lowest BCUT2D eigenvalue weighted by molar-refractivity contribution is -0.131. The molecule has 11 heteroatoms. The topological polar surface area (TPSA) is 134 Å². The zero-order valence-electron chi connectivity index (χ0n) is 26.1. The fourth-order valence-corrected chi connectivity index (χ4v) is 7.19. The summed E-state index contributed by atoms with van der Waals surface area (Å²) in [5, 5.41) is 33.7. The van der Waals surface area contributed by atoms with E-state index in [1.807, 2.05) is 53.3 Å². The summed E-state index contributed by atoms with van der Waals surface area (Å²) < 4.78 is 29.7. The zero-order chi connectivity index (χ0) is 32.4. The second kappa shape index (κ2) is 10.9. The first kappa shape index (κ1) is 29.4. The number of nitriles is 1. The van der Waals surface area contributed by atoms with E-state index in [9.17, 15) is 20.3 Å². The number of nitrogens with zero attached hydrogens (tertiary/aromatic N) is 3. The molecule has 2 bridgehead atoms. The van der Waals surface area contributed by atoms with E-state index in [4.69, 9.17) is 23.7 Å². The van der Waals surface area contributed by atoms with Crippen molar-refractivity contribution in [2.75, 3.05) is 27.6 Å². The SMILES string of the molecule is COc1c(C)c(O)c2c(c1O)[C@@H]1C3=Cc4c(OC(C)=O)c(C)c5c(c4[C@H](COCc4ccccc4)N3[C@@H](C#N)C(=C2)N1C)OCO5. The van der Waals surface area contributed by atoms with E-state index in [-0.39, 0.29) is 30.6 Å². The lowest BCUT2D eigenvalue weighted by atomic mass is 9.79. The van der Waals surface area contributed by atoms with Crippen LogP contribution >= 0.6 is 0 Å². The number of methoxy groups -OCH3 is 1. The molecule has 4 aliphatic rings. The van der Waals surface area contributed by atoms with Crippen LogP contribution < -0.4 is 18.9 Å². The van der Waals surface area contributed by atoms with Gasteiger partial charge in [0.25, 0.3) is 0 Å². The molecule has 3 aromatic carbocycles. The summed E-state index contributed by atoms with van der Waals surface area (Å²) in [5.74, 6) is 0.790. The van der Waals surface area contributed by atoms with Crippen molar-refractivity contribution in [3.63, 3.8) is 0 Å². The number of fused-ring (bicyclic) bond motifs is 9. The van der Waals surface area contributed by atoms with Crippen LogP contribution in [-0.4, -0.2) is 59.6 Å². The Balaban J connectivity index is 1.49. The van der Waals surface area contributed by atoms with Crippen LogP contribution in [-0.2, 0) is 16.1 Å². The molecular weight excluding hydrogens is 590 g/mol. The third-order valence-corrected chi connectivity index (χ3v) is 9.20. The molecule has 4 aliphatic heterocycles. The summed E-state index contributed by atoms with van der Waals surface area (Å²) in [5.41, 5.74) is 5.34. The number of phenolic OH excluding ortho intramolecular Hbond substituents is 2. The molecule has 7 rings (SSSR count). The van der Waals surface area contributed by atoms with Gasteiger partial charge in [0.2, 0.25) is 6.79 Å². The summed E-state index contributed by atoms with van der Waals surface area (Å²) in [6, 6.07) is 10.2. The minimum atomic E-state index is -0.820. The standard InChI is InChI=1S/C35H33N3O8/c1-17-30(40)21-11-23-25(13-36)38-24(29(37(23)4)28(21)31(41)33(17)42-5)12-22-27(26(38)15-43-14-20-9-7-6-8-10-20)35-34(44-16-45-35)18(2)32(22)46-19(3)39/h6-12,25-26,29,40-41H,14-16H2,1-5H3/t25-,26-,29-/m0/s1. The van der Waals surface area contributed by atoms with Gasteiger partial charge in [-0.3, -0.25) is 4.79 Å². The Bertz CT molecular complexity index is 1890. The predicted molar refractivity (Wildman–Crippen MR) is 166 cm³/mol. The van der Waals surface area contributed by atoms with E-state index in [1.54, 1.807) is 19.9 Å². The molecule has 46 heavy (non-hydrogen) atoms. The van der Waals surface area contributed by atoms with Gasteiger partial charge >= 0.3 is 5.97 Å². The highest BCUT2D eigenvalue weighted by atomic mass is 16.7. The fourth-order valence-electron chi connectivity index (χ4n) is 7.19. The number of likely N-dealkylation sites (N-methyl/N-ethyl adjacent to an activating group) is 1. The van der Waals surface area contributed by atoms with Gasteiger partial charge in [-0.15, -0.1) is 0 Å². The number of ether oxygens (including phenoxy) is 5. The third kappa shape index (κ3) is 4.17. The molecule has 11 nitrogen and oxygen atoms in total. The van der Waals surface area contributed by atoms with E-state index in [0.717, 1.165) is 5.56 Å². The van der Waals surface area contributed by atoms with Gasteiger partial charge < -0.3 is 43.7 Å². The van der Waals surface area contributed by atoms with Crippen molar-refractivity contribution < 1.29 is 38.7 Å². The minimum absolute atomic E-state index is 0.0157. The second-order valence-corrected chi connectivity index (χ2v) is 11.7. The zero-order valence-corrected chi connectivity index (χ0v) is 26.1. The molecule has 1 fully saturated rings. The van der Waals surface area contributed by atoms with Crippen LogP contribution in [0, 0.1) is 25.2 Å². The van der Waals surface area contributed by atoms with Gasteiger partial charge in [0.15, 0.2) is 29.0 Å². The molecule has 0 unspecified atom stereocenters. The van der Waals surface area contributed by atoms with Gasteiger partial charge in [0.05, 0.1) is 44.2 Å². The Labute approximate surface area is 266 Å². The molecule has 0 radical (unpaired) electrons. The van der Waals surface area contributed by atoms with E-state index in [1.165, 1.54) is 14.0 Å². The summed E-state index contributed by atoms with van der Waals surface area (Å²) in [6.45, 7) is 5.25. The molecule has 0 amide bonds. The van der Waals surface area contributed by atoms with Gasteiger partial charge in [-0.05, 0) is 31.6 Å². The van der Waals surface area contributed by atoms with Gasteiger partial charge in [0.1, 0.15) is 11.5 Å². The predicted octanol–water partition coefficient (Wildman–Crippen LogP) is 5.23. The molecule has 3 atom stereocenters. The van der Waals surface area contributed by atoms with Crippen molar-refractivity contribution in [1.29, 1.82) is 5.26 Å². The molecule has 0 aliphatic carbocycles. The summed E-state index contributed by atoms with van der Waals surface area (Å²) in [6.07, 6.45) is 3.62. The molecule has 236 valence electrons. The van der Waals surface area contributed by atoms with Crippen molar-refractivity contribution in [2.24, 2.45) is 0 Å². The largest absolute Gasteiger partial charge is 0.507 e. The molecule has 4 heterocycles. The van der Waals surface area contributed by atoms with Gasteiger partial charge in [0, 0.05) is 53.0 Å². The molecule has 3 aromatic rings. The van der Waals surface area contributed by atoms with Crippen molar-refractivity contribution in [1.82, 2.24) is 9.80 Å². The number of esters is 1. The highest BCUT2D eigenvalue weighted by Gasteiger charge is 2.51. The van der Waals surface area contributed by atoms with Crippen molar-refractivity contribution >= 4 is 18.1 Å². The number of benzene rings is 3. The van der Waals surface area contributed by atoms with Crippen LogP contribution in [0.15, 0.2) is 41.7 Å². The summed E-state index contributed by atoms with van der Waals surface area (Å²) >= 11 is 0. The highest BCUT2D eigenvalue weighted by molar-refractivity contribution is 5.83. The number of phenols is 2. The number of carbonyl (C=O) groups is 1. The quantitative estimate of drug-likeness (QED) is 0.213. The van der Waals surface area contributed by atoms with Crippen LogP contribution in [0.5, 0.6) is 34.5 Å². The van der Waals surface area contributed by atoms with Crippen molar-refractivity contribution in [3.05, 3.63) is 80.7 Å². The summed E-state index contributed by atoms with van der Waals surface area (Å²) in [7, 11) is 3.28. The molecular formula is C35H33N3O8. The molecule has 0 spiro atoms. The maximum Gasteiger partial charge on any atom is 0.308 e. The number of aromatic hydroxyl groups is 2. The van der Waals surface area contributed by atoms with Gasteiger partial charge in [-0.2, -0.15) is 5.26 Å². The van der Waals surface area contributed by atoms with Crippen LogP contribution in [0.3, 0.4) is 0 Å². The number of carbonyl (C=O) groups excluding carboxylic acids is 1. The first-order valence-corrected chi connectivity index (χ1v) is 14.9. The normalized spacial score (nSPS) is 20.1. The van der Waals surface area contributed by atoms with Gasteiger partial charge in [-0.1, -0.05) is 30.3 Å². The lowest BCUT2D eigenvalue weighted by Gasteiger charge is -2.54. The number of hydrogen-bond donors (Lipinski definition) is 2. The van der Waals surface area contributed by atoms with Crippen LogP contribution in [0.2, 0.25) is 0 Å². The van der Waals surface area contributed by atoms with Crippen molar-refractivity contribution in [3.8, 4) is 40.6 Å². The third-order valence-electron chi connectivity index (χ3n) is 9.20. The lowest BCUT2D eigenvalue weighted by Crippen LogP contribution is -2.53. The average molecular weight is 624 g/mol. The maximum atomic E-state index is 12.4. The first-order chi connectivity index (χ1) is 22.2. The monoisotopic (exact) mass is 623 g/mol. The van der Waals surface area contributed by atoms with Gasteiger partial charge in [-0.25, -0.2) is 0 Å². The second-order valence-electron chi connectivity index (χ2n) is 11.7. The van der Waals surface area contributed by atoms with Crippen molar-refractivity contribution in [2.45, 2.75) is 45.5 Å². The Hall–Kier alpha value is -5.34. The molecule has 0 saturated carbocycles. The Morgan fingerprint density at radius 2 is 1.72 bits per heavy atom. The Morgan fingerprint density at radius 1 is 1.00 bits per heavy atom. The fraction of sp³-hybridized carbons (Fsp3) is 0.314. The Morgan fingerprint density at radius 3 is 2.41 bits per heavy atom. The molecule has 0 aromatic heterocycles. The first-order valence-electron chi connectivity index (χ1n) is 14.9. The molecule has 1 saturated heterocycles. The number of piperazine rings is 1. The van der Waals surface area contributed by atoms with E-state index in [0.29, 0.717) is 68.6 Å². The van der Waals surface area contributed by atoms with E-state index < -0.39 is 24.1 Å². The summed E-state index contributed by atoms with van der Waals surface area (Å²) in [4.78, 5) is 16.3. The smallest absolute Gasteiger partial charge is 0.308 e. The highest BCUT2D eigenvalue weighted by Crippen LogP contribution is 2.60. The Kier molecular flexibility index (Phi) is 6.98. The average Bonchev–Trinajstić information content (AvgIpc) is 3.53. The van der Waals surface area contributed by atoms with E-state index >= 15 is 0 Å². The van der Waals surface area contributed by atoms with Crippen LogP contribution in [0.1, 0.15) is 58.0 Å². The maximum absolute atomic E-state index is 12.4. The van der Waals surface area contributed by atoms with E-state index in [2.05, 4.69) is 6.07 Å². The van der Waals surface area contributed by atoms with Crippen LogP contribution in [0.25, 0.3) is 12.2 Å². The van der Waals surface area contributed by atoms with Crippen LogP contribution in [0.4, 0.5) is 0 Å². The minimum Gasteiger partial charge on any atom is -0.507 e. The number of rotatable bonds is 6.